The molecule has 1 aliphatic rings. The van der Waals surface area contributed by atoms with Crippen molar-refractivity contribution in [3.63, 3.8) is 0 Å². The van der Waals surface area contributed by atoms with Gasteiger partial charge < -0.3 is 10.6 Å². The minimum Gasteiger partial charge on any atom is -0.368 e. The first-order chi connectivity index (χ1) is 11.2. The lowest BCUT2D eigenvalue weighted by atomic mass is 9.97. The van der Waals surface area contributed by atoms with Gasteiger partial charge in [0.25, 0.3) is 0 Å². The molecule has 0 spiro atoms. The molecule has 1 amide bonds. The van der Waals surface area contributed by atoms with Crippen molar-refractivity contribution in [3.05, 3.63) is 23.8 Å². The normalized spacial score (nSPS) is 14.5. The highest BCUT2D eigenvalue weighted by atomic mass is 16.1. The number of nitrogens with zero attached hydrogens (tertiary/aromatic N) is 2. The molecule has 2 rings (SSSR count). The van der Waals surface area contributed by atoms with Crippen molar-refractivity contribution in [2.24, 2.45) is 5.92 Å². The zero-order chi connectivity index (χ0) is 16.5. The van der Waals surface area contributed by atoms with Gasteiger partial charge in [-0.15, -0.1) is 10.2 Å². The largest absolute Gasteiger partial charge is 0.368 e. The first kappa shape index (κ1) is 17.4. The summed E-state index contributed by atoms with van der Waals surface area (Å²) in [6.07, 6.45) is 10.2. The predicted molar refractivity (Wildman–Crippen MR) is 94.4 cm³/mol. The van der Waals surface area contributed by atoms with Gasteiger partial charge in [0.2, 0.25) is 5.91 Å². The number of carbonyl (C=O) groups excluding carboxylic acids is 1. The summed E-state index contributed by atoms with van der Waals surface area (Å²) in [4.78, 5) is 12.0. The maximum atomic E-state index is 12.0. The highest BCUT2D eigenvalue weighted by Crippen LogP contribution is 2.20. The Balaban J connectivity index is 1.77. The van der Waals surface area contributed by atoms with Gasteiger partial charge in [-0.05, 0) is 57.1 Å². The Morgan fingerprint density at radius 2 is 1.91 bits per heavy atom. The summed E-state index contributed by atoms with van der Waals surface area (Å²) in [6.45, 7) is 4.92. The molecule has 1 aromatic rings. The van der Waals surface area contributed by atoms with Crippen LogP contribution in [0.4, 0.5) is 11.6 Å². The van der Waals surface area contributed by atoms with Crippen LogP contribution in [0.1, 0.15) is 58.8 Å². The van der Waals surface area contributed by atoms with Gasteiger partial charge in [-0.1, -0.05) is 25.5 Å². The fraction of sp³-hybridized carbons (Fsp3) is 0.611. The van der Waals surface area contributed by atoms with E-state index < -0.39 is 0 Å². The molecule has 0 unspecified atom stereocenters. The number of nitrogens with one attached hydrogen (secondary N) is 2. The van der Waals surface area contributed by atoms with E-state index in [4.69, 9.17) is 0 Å². The molecule has 0 radical (unpaired) electrons. The maximum absolute atomic E-state index is 12.0. The zero-order valence-electron chi connectivity index (χ0n) is 14.3. The third kappa shape index (κ3) is 5.66. The van der Waals surface area contributed by atoms with Gasteiger partial charge in [0, 0.05) is 12.5 Å². The fourth-order valence-corrected chi connectivity index (χ4v) is 2.86. The first-order valence-corrected chi connectivity index (χ1v) is 8.79. The molecule has 0 saturated heterocycles. The van der Waals surface area contributed by atoms with Crippen LogP contribution in [-0.4, -0.2) is 22.6 Å². The van der Waals surface area contributed by atoms with Crippen LogP contribution in [0, 0.1) is 5.92 Å². The number of aromatic nitrogens is 2. The second-order valence-corrected chi connectivity index (χ2v) is 6.09. The van der Waals surface area contributed by atoms with Crippen molar-refractivity contribution < 1.29 is 4.79 Å². The molecule has 0 aliphatic heterocycles. The molecule has 126 valence electrons. The molecule has 0 aromatic carbocycles. The lowest BCUT2D eigenvalue weighted by Crippen LogP contribution is -2.22. The van der Waals surface area contributed by atoms with Crippen molar-refractivity contribution in [3.8, 4) is 0 Å². The third-order valence-corrected chi connectivity index (χ3v) is 4.41. The van der Waals surface area contributed by atoms with E-state index in [9.17, 15) is 4.79 Å². The average molecular weight is 316 g/mol. The van der Waals surface area contributed by atoms with Gasteiger partial charge in [-0.2, -0.15) is 0 Å². The second kappa shape index (κ2) is 9.28. The first-order valence-electron chi connectivity index (χ1n) is 8.79. The van der Waals surface area contributed by atoms with Crippen LogP contribution in [0.15, 0.2) is 23.8 Å². The van der Waals surface area contributed by atoms with Crippen molar-refractivity contribution >= 4 is 17.5 Å². The Morgan fingerprint density at radius 3 is 2.52 bits per heavy atom. The van der Waals surface area contributed by atoms with Crippen LogP contribution in [0.3, 0.4) is 0 Å². The van der Waals surface area contributed by atoms with E-state index in [0.29, 0.717) is 5.82 Å². The SMILES string of the molecule is CCC(CC)C(=O)Nc1ccc(NCCC2=CCCCC2)nn1. The monoisotopic (exact) mass is 316 g/mol. The van der Waals surface area contributed by atoms with E-state index in [1.54, 1.807) is 11.6 Å². The van der Waals surface area contributed by atoms with Gasteiger partial charge in [0.05, 0.1) is 0 Å². The molecule has 0 bridgehead atoms. The summed E-state index contributed by atoms with van der Waals surface area (Å²) in [7, 11) is 0. The molecule has 1 heterocycles. The minimum absolute atomic E-state index is 0.0224. The van der Waals surface area contributed by atoms with Crippen LogP contribution in [0.2, 0.25) is 0 Å². The number of hydrogen-bond acceptors (Lipinski definition) is 4. The Labute approximate surface area is 139 Å². The standard InChI is InChI=1S/C18H28N4O/c1-3-15(4-2)18(23)20-17-11-10-16(21-22-17)19-13-12-14-8-6-5-7-9-14/h8,10-11,15H,3-7,9,12-13H2,1-2H3,(H,19,21)(H,20,22,23). The van der Waals surface area contributed by atoms with Gasteiger partial charge >= 0.3 is 0 Å². The second-order valence-electron chi connectivity index (χ2n) is 6.09. The molecule has 5 heteroatoms. The molecule has 0 saturated carbocycles. The lowest BCUT2D eigenvalue weighted by Gasteiger charge is -2.13. The number of allylic oxidation sites excluding steroid dienone is 1. The zero-order valence-corrected chi connectivity index (χ0v) is 14.3. The van der Waals surface area contributed by atoms with Gasteiger partial charge in [-0.3, -0.25) is 4.79 Å². The van der Waals surface area contributed by atoms with Crippen molar-refractivity contribution in [1.82, 2.24) is 10.2 Å². The summed E-state index contributed by atoms with van der Waals surface area (Å²) in [5.74, 6) is 1.33. The van der Waals surface area contributed by atoms with Gasteiger partial charge in [0.1, 0.15) is 5.82 Å². The Bertz CT molecular complexity index is 520. The third-order valence-electron chi connectivity index (χ3n) is 4.41. The molecule has 1 aliphatic carbocycles. The number of amides is 1. The van der Waals surface area contributed by atoms with Crippen LogP contribution in [-0.2, 0) is 4.79 Å². The molecular weight excluding hydrogens is 288 g/mol. The van der Waals surface area contributed by atoms with Crippen molar-refractivity contribution in [1.29, 1.82) is 0 Å². The van der Waals surface area contributed by atoms with Crippen LogP contribution in [0.25, 0.3) is 0 Å². The molecule has 0 fully saturated rings. The van der Waals surface area contributed by atoms with E-state index in [0.717, 1.165) is 31.6 Å². The fourth-order valence-electron chi connectivity index (χ4n) is 2.86. The summed E-state index contributed by atoms with van der Waals surface area (Å²) in [5, 5.41) is 14.3. The van der Waals surface area contributed by atoms with E-state index in [1.165, 1.54) is 25.7 Å². The molecular formula is C18H28N4O. The Hall–Kier alpha value is -1.91. The topological polar surface area (TPSA) is 66.9 Å². The molecule has 5 nitrogen and oxygen atoms in total. The Kier molecular flexibility index (Phi) is 7.04. The number of carbonyl (C=O) groups is 1. The van der Waals surface area contributed by atoms with Gasteiger partial charge in [-0.25, -0.2) is 0 Å². The number of hydrogen-bond donors (Lipinski definition) is 2. The highest BCUT2D eigenvalue weighted by Gasteiger charge is 2.14. The van der Waals surface area contributed by atoms with E-state index in [1.807, 2.05) is 19.9 Å². The predicted octanol–water partition coefficient (Wildman–Crippen LogP) is 4.15. The summed E-state index contributed by atoms with van der Waals surface area (Å²) >= 11 is 0. The van der Waals surface area contributed by atoms with E-state index in [2.05, 4.69) is 26.9 Å². The summed E-state index contributed by atoms with van der Waals surface area (Å²) in [6, 6.07) is 3.67. The highest BCUT2D eigenvalue weighted by molar-refractivity contribution is 5.91. The van der Waals surface area contributed by atoms with Gasteiger partial charge in [0.15, 0.2) is 5.82 Å². The number of rotatable bonds is 8. The lowest BCUT2D eigenvalue weighted by molar-refractivity contribution is -0.120. The molecule has 0 atom stereocenters. The summed E-state index contributed by atoms with van der Waals surface area (Å²) in [5.41, 5.74) is 1.55. The molecule has 23 heavy (non-hydrogen) atoms. The quantitative estimate of drug-likeness (QED) is 0.707. The van der Waals surface area contributed by atoms with Crippen LogP contribution < -0.4 is 10.6 Å². The maximum Gasteiger partial charge on any atom is 0.228 e. The van der Waals surface area contributed by atoms with E-state index in [-0.39, 0.29) is 11.8 Å². The molecule has 1 aromatic heterocycles. The number of anilines is 2. The van der Waals surface area contributed by atoms with Crippen molar-refractivity contribution in [2.45, 2.75) is 58.8 Å². The van der Waals surface area contributed by atoms with Crippen LogP contribution in [0.5, 0.6) is 0 Å². The van der Waals surface area contributed by atoms with Crippen molar-refractivity contribution in [2.75, 3.05) is 17.2 Å². The smallest absolute Gasteiger partial charge is 0.228 e. The summed E-state index contributed by atoms with van der Waals surface area (Å²) < 4.78 is 0. The van der Waals surface area contributed by atoms with Crippen LogP contribution >= 0.6 is 0 Å². The minimum atomic E-state index is 0.0224. The Morgan fingerprint density at radius 1 is 1.17 bits per heavy atom. The van der Waals surface area contributed by atoms with E-state index >= 15 is 0 Å². The average Bonchev–Trinajstić information content (AvgIpc) is 2.58. The molecule has 2 N–H and O–H groups in total.